The van der Waals surface area contributed by atoms with E-state index in [1.165, 1.54) is 12.1 Å². The van der Waals surface area contributed by atoms with Gasteiger partial charge >= 0.3 is 10.4 Å². The van der Waals surface area contributed by atoms with Crippen LogP contribution in [0.1, 0.15) is 26.3 Å². The Morgan fingerprint density at radius 2 is 1.74 bits per heavy atom. The van der Waals surface area contributed by atoms with E-state index in [1.54, 1.807) is 12.1 Å². The van der Waals surface area contributed by atoms with Crippen molar-refractivity contribution in [1.82, 2.24) is 5.32 Å². The number of benzene rings is 1. The highest BCUT2D eigenvalue weighted by molar-refractivity contribution is 7.81. The molecule has 0 spiro atoms. The first-order chi connectivity index (χ1) is 10.3. The smallest absolute Gasteiger partial charge is 0.401 e. The van der Waals surface area contributed by atoms with E-state index in [1.807, 2.05) is 7.05 Å². The third-order valence-corrected chi connectivity index (χ3v) is 9.00. The van der Waals surface area contributed by atoms with Crippen molar-refractivity contribution in [3.05, 3.63) is 29.8 Å². The van der Waals surface area contributed by atoms with Crippen LogP contribution in [0.3, 0.4) is 0 Å². The van der Waals surface area contributed by atoms with Crippen molar-refractivity contribution in [2.45, 2.75) is 51.6 Å². The lowest BCUT2D eigenvalue weighted by Gasteiger charge is -2.39. The third-order valence-electron chi connectivity index (χ3n) is 4.11. The highest BCUT2D eigenvalue weighted by Crippen LogP contribution is 2.37. The summed E-state index contributed by atoms with van der Waals surface area (Å²) in [6.45, 7) is 11.0. The normalized spacial score (nSPS) is 14.6. The van der Waals surface area contributed by atoms with Crippen LogP contribution in [0.25, 0.3) is 0 Å². The second-order valence-corrected chi connectivity index (χ2v) is 12.8. The van der Waals surface area contributed by atoms with Gasteiger partial charge in [-0.15, -0.1) is 0 Å². The lowest BCUT2D eigenvalue weighted by molar-refractivity contribution is 0.154. The molecule has 1 aromatic carbocycles. The topological polar surface area (TPSA) is 84.9 Å². The van der Waals surface area contributed by atoms with Crippen LogP contribution in [-0.2, 0) is 21.2 Å². The Balaban J connectivity index is 2.77. The Morgan fingerprint density at radius 1 is 1.22 bits per heavy atom. The molecule has 23 heavy (non-hydrogen) atoms. The van der Waals surface area contributed by atoms with Gasteiger partial charge in [-0.05, 0) is 42.9 Å². The Kier molecular flexibility index (Phi) is 6.39. The lowest BCUT2D eigenvalue weighted by Crippen LogP contribution is -2.48. The second kappa shape index (κ2) is 7.31. The van der Waals surface area contributed by atoms with Gasteiger partial charge in [-0.3, -0.25) is 9.87 Å². The Bertz CT molecular complexity index is 608. The summed E-state index contributed by atoms with van der Waals surface area (Å²) < 4.78 is 40.7. The third kappa shape index (κ3) is 6.60. The zero-order valence-corrected chi connectivity index (χ0v) is 16.4. The number of rotatable bonds is 7. The van der Waals surface area contributed by atoms with Crippen LogP contribution in [0.2, 0.25) is 18.1 Å². The number of hydrogen-bond acceptors (Lipinski definition) is 5. The molecule has 1 aromatic rings. The maximum Gasteiger partial charge on any atom is 0.446 e. The fourth-order valence-corrected chi connectivity index (χ4v) is 3.37. The van der Waals surface area contributed by atoms with E-state index in [0.717, 1.165) is 5.56 Å². The van der Waals surface area contributed by atoms with Crippen LogP contribution in [0.15, 0.2) is 24.3 Å². The highest BCUT2D eigenvalue weighted by atomic mass is 32.3. The lowest BCUT2D eigenvalue weighted by atomic mass is 10.1. The van der Waals surface area contributed by atoms with Crippen LogP contribution < -0.4 is 9.50 Å². The number of likely N-dealkylation sites (N-methyl/N-ethyl adjacent to an activating group) is 1. The van der Waals surface area contributed by atoms with Crippen molar-refractivity contribution < 1.29 is 21.6 Å². The van der Waals surface area contributed by atoms with Crippen LogP contribution >= 0.6 is 0 Å². The van der Waals surface area contributed by atoms with Gasteiger partial charge < -0.3 is 8.61 Å². The minimum Gasteiger partial charge on any atom is -0.401 e. The van der Waals surface area contributed by atoms with Gasteiger partial charge in [0.15, 0.2) is 8.32 Å². The molecule has 0 aliphatic rings. The van der Waals surface area contributed by atoms with Crippen molar-refractivity contribution in [3.63, 3.8) is 0 Å². The summed E-state index contributed by atoms with van der Waals surface area (Å²) in [4.78, 5) is 0. The van der Waals surface area contributed by atoms with Crippen molar-refractivity contribution >= 4 is 18.7 Å². The predicted octanol–water partition coefficient (Wildman–Crippen LogP) is 2.98. The van der Waals surface area contributed by atoms with E-state index in [9.17, 15) is 8.42 Å². The van der Waals surface area contributed by atoms with E-state index in [0.29, 0.717) is 6.42 Å². The summed E-state index contributed by atoms with van der Waals surface area (Å²) >= 11 is 0. The van der Waals surface area contributed by atoms with Gasteiger partial charge in [0.25, 0.3) is 0 Å². The molecule has 0 bridgehead atoms. The molecule has 0 saturated heterocycles. The summed E-state index contributed by atoms with van der Waals surface area (Å²) in [5, 5.41) is 3.30. The molecule has 2 N–H and O–H groups in total. The van der Waals surface area contributed by atoms with Gasteiger partial charge in [0.05, 0.1) is 0 Å². The van der Waals surface area contributed by atoms with Crippen molar-refractivity contribution in [2.75, 3.05) is 7.05 Å². The summed E-state index contributed by atoms with van der Waals surface area (Å²) in [6.07, 6.45) is 0.527. The van der Waals surface area contributed by atoms with Crippen LogP contribution in [0, 0.1) is 0 Å². The Morgan fingerprint density at radius 3 is 2.13 bits per heavy atom. The first-order valence-electron chi connectivity index (χ1n) is 7.45. The van der Waals surface area contributed by atoms with Gasteiger partial charge in [-0.2, -0.15) is 8.42 Å². The fraction of sp³-hybridized carbons (Fsp3) is 0.600. The standard InChI is InChI=1S/C15H27NO5SSi/c1-15(2,3)23(5,6)21-14(16-4)11-12-7-9-13(10-8-12)20-22(17,18)19/h7-10,14,16H,11H2,1-6H3,(H,17,18,19). The summed E-state index contributed by atoms with van der Waals surface area (Å²) in [5.41, 5.74) is 0.978. The van der Waals surface area contributed by atoms with E-state index >= 15 is 0 Å². The molecule has 0 radical (unpaired) electrons. The molecule has 0 aliphatic carbocycles. The van der Waals surface area contributed by atoms with E-state index < -0.39 is 18.7 Å². The van der Waals surface area contributed by atoms with Crippen LogP contribution in [0.5, 0.6) is 5.75 Å². The molecule has 1 rings (SSSR count). The summed E-state index contributed by atoms with van der Waals surface area (Å²) in [6, 6.07) is 6.50. The molecule has 0 saturated carbocycles. The van der Waals surface area contributed by atoms with Gasteiger partial charge in [-0.1, -0.05) is 32.9 Å². The quantitative estimate of drug-likeness (QED) is 0.441. The highest BCUT2D eigenvalue weighted by Gasteiger charge is 2.38. The molecule has 0 aliphatic heterocycles. The van der Waals surface area contributed by atoms with E-state index in [2.05, 4.69) is 43.4 Å². The average molecular weight is 362 g/mol. The molecule has 1 unspecified atom stereocenters. The van der Waals surface area contributed by atoms with Gasteiger partial charge in [0.2, 0.25) is 0 Å². The molecule has 6 nitrogen and oxygen atoms in total. The Labute approximate surface area is 140 Å². The van der Waals surface area contributed by atoms with Gasteiger partial charge in [-0.25, -0.2) is 0 Å². The second-order valence-electron chi connectivity index (χ2n) is 7.01. The summed E-state index contributed by atoms with van der Waals surface area (Å²) in [7, 11) is -4.52. The number of hydrogen-bond donors (Lipinski definition) is 2. The molecule has 1 atom stereocenters. The maximum atomic E-state index is 10.7. The Hall–Kier alpha value is -0.933. The molecule has 0 aromatic heterocycles. The van der Waals surface area contributed by atoms with E-state index in [4.69, 9.17) is 8.98 Å². The molecule has 0 fully saturated rings. The minimum absolute atomic E-state index is 0.0718. The van der Waals surface area contributed by atoms with Crippen LogP contribution in [-0.4, -0.2) is 34.6 Å². The maximum absolute atomic E-state index is 10.7. The minimum atomic E-state index is -4.49. The van der Waals surface area contributed by atoms with Crippen molar-refractivity contribution in [1.29, 1.82) is 0 Å². The fourth-order valence-electron chi connectivity index (χ4n) is 1.75. The largest absolute Gasteiger partial charge is 0.446 e. The zero-order chi connectivity index (χ0) is 17.9. The molecule has 0 heterocycles. The first-order valence-corrected chi connectivity index (χ1v) is 11.7. The number of nitrogens with one attached hydrogen (secondary N) is 1. The van der Waals surface area contributed by atoms with Crippen LogP contribution in [0.4, 0.5) is 0 Å². The average Bonchev–Trinajstić information content (AvgIpc) is 2.37. The van der Waals surface area contributed by atoms with Gasteiger partial charge in [0.1, 0.15) is 12.0 Å². The van der Waals surface area contributed by atoms with Crippen molar-refractivity contribution in [2.24, 2.45) is 0 Å². The zero-order valence-electron chi connectivity index (χ0n) is 14.6. The predicted molar refractivity (Wildman–Crippen MR) is 93.5 cm³/mol. The molecular formula is C15H27NO5SSi. The SMILES string of the molecule is CNC(Cc1ccc(OS(=O)(=O)O)cc1)O[Si](C)(C)C(C)(C)C. The van der Waals surface area contributed by atoms with Crippen molar-refractivity contribution in [3.8, 4) is 5.75 Å². The van der Waals surface area contributed by atoms with E-state index in [-0.39, 0.29) is 17.0 Å². The molecule has 8 heteroatoms. The molecule has 132 valence electrons. The summed E-state index contributed by atoms with van der Waals surface area (Å²) in [5.74, 6) is 0.0718. The monoisotopic (exact) mass is 361 g/mol. The molecular weight excluding hydrogens is 334 g/mol. The van der Waals surface area contributed by atoms with Gasteiger partial charge in [0, 0.05) is 6.42 Å². The first kappa shape index (κ1) is 20.1. The molecule has 0 amide bonds.